The summed E-state index contributed by atoms with van der Waals surface area (Å²) in [7, 11) is 0. The van der Waals surface area contributed by atoms with Gasteiger partial charge in [-0.3, -0.25) is 4.79 Å². The first-order valence-electron chi connectivity index (χ1n) is 6.12. The van der Waals surface area contributed by atoms with Crippen molar-refractivity contribution in [3.8, 4) is 6.07 Å². The number of ether oxygens (including phenoxy) is 1. The first-order valence-corrected chi connectivity index (χ1v) is 6.12. The van der Waals surface area contributed by atoms with Crippen LogP contribution >= 0.6 is 0 Å². The van der Waals surface area contributed by atoms with Crippen LogP contribution < -0.4 is 0 Å². The van der Waals surface area contributed by atoms with Gasteiger partial charge < -0.3 is 4.74 Å². The number of nitrogens with zero attached hydrogens (tertiary/aromatic N) is 1. The number of hydrogen-bond donors (Lipinski definition) is 0. The predicted molar refractivity (Wildman–Crippen MR) is 67.7 cm³/mol. The molecular formula is C15H17NO2. The lowest BCUT2D eigenvalue weighted by Gasteiger charge is -2.19. The van der Waals surface area contributed by atoms with Crippen molar-refractivity contribution in [2.45, 2.75) is 38.7 Å². The number of carbonyl (C=O) groups excluding carboxylic acids is 1. The average molecular weight is 243 g/mol. The third-order valence-electron chi connectivity index (χ3n) is 3.30. The van der Waals surface area contributed by atoms with Crippen LogP contribution in [0.3, 0.4) is 0 Å². The van der Waals surface area contributed by atoms with E-state index in [0.29, 0.717) is 6.42 Å². The van der Waals surface area contributed by atoms with E-state index in [1.54, 1.807) is 0 Å². The minimum Gasteiger partial charge on any atom is -0.456 e. The lowest BCUT2D eigenvalue weighted by atomic mass is 9.86. The molecule has 1 aromatic carbocycles. The van der Waals surface area contributed by atoms with Gasteiger partial charge in [0, 0.05) is 6.42 Å². The Bertz CT molecular complexity index is 491. The molecule has 1 aliphatic heterocycles. The van der Waals surface area contributed by atoms with Crippen molar-refractivity contribution >= 4 is 5.97 Å². The maximum absolute atomic E-state index is 11.4. The largest absolute Gasteiger partial charge is 0.456 e. The Hall–Kier alpha value is -1.82. The molecule has 0 radical (unpaired) electrons. The molecule has 0 aliphatic carbocycles. The molecule has 1 aromatic rings. The molecule has 0 bridgehead atoms. The lowest BCUT2D eigenvalue weighted by Crippen LogP contribution is -2.11. The summed E-state index contributed by atoms with van der Waals surface area (Å²) in [5, 5.41) is 8.80. The topological polar surface area (TPSA) is 50.1 Å². The van der Waals surface area contributed by atoms with Crippen LogP contribution in [0.15, 0.2) is 24.3 Å². The van der Waals surface area contributed by atoms with E-state index in [1.165, 1.54) is 5.56 Å². The molecule has 1 saturated heterocycles. The van der Waals surface area contributed by atoms with Crippen molar-refractivity contribution in [2.24, 2.45) is 5.92 Å². The van der Waals surface area contributed by atoms with Gasteiger partial charge in [0.2, 0.25) is 0 Å². The van der Waals surface area contributed by atoms with Crippen molar-refractivity contribution in [1.82, 2.24) is 0 Å². The fraction of sp³-hybridized carbons (Fsp3) is 0.467. The summed E-state index contributed by atoms with van der Waals surface area (Å²) in [6.07, 6.45) is 0.195. The molecule has 0 spiro atoms. The van der Waals surface area contributed by atoms with Gasteiger partial charge in [0.25, 0.3) is 0 Å². The molecule has 1 aliphatic rings. The normalized spacial score (nSPS) is 23.6. The summed E-state index contributed by atoms with van der Waals surface area (Å²) >= 11 is 0. The molecule has 3 nitrogen and oxygen atoms in total. The minimum atomic E-state index is -0.614. The molecular weight excluding hydrogens is 226 g/mol. The molecule has 2 unspecified atom stereocenters. The first-order chi connectivity index (χ1) is 8.41. The van der Waals surface area contributed by atoms with Crippen LogP contribution in [0.25, 0.3) is 0 Å². The number of nitriles is 1. The van der Waals surface area contributed by atoms with Crippen molar-refractivity contribution in [3.63, 3.8) is 0 Å². The van der Waals surface area contributed by atoms with Crippen LogP contribution in [0.5, 0.6) is 0 Å². The van der Waals surface area contributed by atoms with Crippen LogP contribution in [0, 0.1) is 17.2 Å². The van der Waals surface area contributed by atoms with Crippen LogP contribution in [0.1, 0.15) is 44.4 Å². The number of carbonyl (C=O) groups is 1. The zero-order chi connectivity index (χ0) is 13.3. The lowest BCUT2D eigenvalue weighted by molar-refractivity contribution is -0.143. The monoisotopic (exact) mass is 243 g/mol. The molecule has 0 N–H and O–H groups in total. The summed E-state index contributed by atoms with van der Waals surface area (Å²) in [5.74, 6) is -1.01. The molecule has 2 rings (SSSR count). The van der Waals surface area contributed by atoms with Crippen LogP contribution in [-0.4, -0.2) is 5.97 Å². The summed E-state index contributed by atoms with van der Waals surface area (Å²) in [6.45, 7) is 6.47. The Balaban J connectivity index is 2.17. The number of benzene rings is 1. The Morgan fingerprint density at radius 3 is 2.33 bits per heavy atom. The van der Waals surface area contributed by atoms with Crippen LogP contribution in [-0.2, 0) is 14.9 Å². The third kappa shape index (κ3) is 2.38. The molecule has 3 heteroatoms. The average Bonchev–Trinajstić information content (AvgIpc) is 2.69. The van der Waals surface area contributed by atoms with Gasteiger partial charge in [-0.2, -0.15) is 5.26 Å². The summed E-state index contributed by atoms with van der Waals surface area (Å²) in [5.41, 5.74) is 2.32. The van der Waals surface area contributed by atoms with Gasteiger partial charge in [-0.05, 0) is 16.5 Å². The summed E-state index contributed by atoms with van der Waals surface area (Å²) in [4.78, 5) is 11.4. The van der Waals surface area contributed by atoms with Gasteiger partial charge in [0.05, 0.1) is 6.07 Å². The molecule has 18 heavy (non-hydrogen) atoms. The van der Waals surface area contributed by atoms with E-state index in [2.05, 4.69) is 32.9 Å². The van der Waals surface area contributed by atoms with E-state index >= 15 is 0 Å². The van der Waals surface area contributed by atoms with E-state index < -0.39 is 11.9 Å². The minimum absolute atomic E-state index is 0.111. The maximum atomic E-state index is 11.4. The van der Waals surface area contributed by atoms with E-state index in [1.807, 2.05) is 18.2 Å². The fourth-order valence-electron chi connectivity index (χ4n) is 2.09. The molecule has 1 heterocycles. The second kappa shape index (κ2) is 4.45. The Labute approximate surface area is 107 Å². The van der Waals surface area contributed by atoms with Crippen molar-refractivity contribution < 1.29 is 9.53 Å². The molecule has 2 atom stereocenters. The Morgan fingerprint density at radius 2 is 1.89 bits per heavy atom. The maximum Gasteiger partial charge on any atom is 0.324 e. The van der Waals surface area contributed by atoms with Gasteiger partial charge in [-0.25, -0.2) is 0 Å². The number of esters is 1. The first kappa shape index (κ1) is 12.6. The predicted octanol–water partition coefficient (Wildman–Crippen LogP) is 3.11. The summed E-state index contributed by atoms with van der Waals surface area (Å²) in [6, 6.07) is 10.1. The van der Waals surface area contributed by atoms with Crippen molar-refractivity contribution in [3.05, 3.63) is 35.4 Å². The number of hydrogen-bond acceptors (Lipinski definition) is 3. The number of rotatable bonds is 1. The highest BCUT2D eigenvalue weighted by molar-refractivity contribution is 5.77. The highest BCUT2D eigenvalue weighted by atomic mass is 16.5. The van der Waals surface area contributed by atoms with Gasteiger partial charge in [0.15, 0.2) is 0 Å². The van der Waals surface area contributed by atoms with Crippen molar-refractivity contribution in [2.75, 3.05) is 0 Å². The molecule has 0 amide bonds. The fourth-order valence-corrected chi connectivity index (χ4v) is 2.09. The highest BCUT2D eigenvalue weighted by Crippen LogP contribution is 2.34. The van der Waals surface area contributed by atoms with Crippen LogP contribution in [0.4, 0.5) is 0 Å². The van der Waals surface area contributed by atoms with Gasteiger partial charge >= 0.3 is 5.97 Å². The second-order valence-electron chi connectivity index (χ2n) is 5.71. The van der Waals surface area contributed by atoms with Crippen molar-refractivity contribution in [1.29, 1.82) is 5.26 Å². The Morgan fingerprint density at radius 1 is 1.28 bits per heavy atom. The summed E-state index contributed by atoms with van der Waals surface area (Å²) < 4.78 is 5.21. The van der Waals surface area contributed by atoms with Gasteiger partial charge in [-0.1, -0.05) is 45.0 Å². The highest BCUT2D eigenvalue weighted by Gasteiger charge is 2.35. The standard InChI is InChI=1S/C15H17NO2/c1-15(2,3)12-6-4-10(5-7-12)13-8-11(9-16)14(17)18-13/h4-7,11,13H,8H2,1-3H3. The third-order valence-corrected chi connectivity index (χ3v) is 3.30. The Kier molecular flexibility index (Phi) is 3.13. The van der Waals surface area contributed by atoms with E-state index in [4.69, 9.17) is 10.00 Å². The molecule has 94 valence electrons. The molecule has 0 saturated carbocycles. The van der Waals surface area contributed by atoms with Gasteiger partial charge in [0.1, 0.15) is 12.0 Å². The van der Waals surface area contributed by atoms with Crippen LogP contribution in [0.2, 0.25) is 0 Å². The van der Waals surface area contributed by atoms with E-state index in [-0.39, 0.29) is 11.5 Å². The van der Waals surface area contributed by atoms with E-state index in [0.717, 1.165) is 5.56 Å². The second-order valence-corrected chi connectivity index (χ2v) is 5.71. The zero-order valence-corrected chi connectivity index (χ0v) is 10.9. The quantitative estimate of drug-likeness (QED) is 0.712. The number of cyclic esters (lactones) is 1. The van der Waals surface area contributed by atoms with Gasteiger partial charge in [-0.15, -0.1) is 0 Å². The molecule has 0 aromatic heterocycles. The SMILES string of the molecule is CC(C)(C)c1ccc(C2CC(C#N)C(=O)O2)cc1. The smallest absolute Gasteiger partial charge is 0.324 e. The zero-order valence-electron chi connectivity index (χ0n) is 10.9. The van der Waals surface area contributed by atoms with E-state index in [9.17, 15) is 4.79 Å². The molecule has 1 fully saturated rings.